The van der Waals surface area contributed by atoms with Gasteiger partial charge in [0.2, 0.25) is 5.88 Å². The molecule has 194 valence electrons. The highest BCUT2D eigenvalue weighted by Crippen LogP contribution is 2.46. The Morgan fingerprint density at radius 1 is 1.21 bits per heavy atom. The number of aryl methyl sites for hydroxylation is 1. The minimum absolute atomic E-state index is 0.0287. The average Bonchev–Trinajstić information content (AvgIpc) is 3.65. The molecule has 2 aromatic carbocycles. The number of pyridine rings is 1. The SMILES string of the molecule is Cc1cccc(Cl)c1-c1noc(C2CC2)c1COc1ccc2c(n1)C(C)(F)Cc1ccc(C(=O)O)cc1O2. The van der Waals surface area contributed by atoms with Crippen molar-refractivity contribution in [2.75, 3.05) is 0 Å². The van der Waals surface area contributed by atoms with Gasteiger partial charge in [-0.3, -0.25) is 0 Å². The molecule has 1 saturated carbocycles. The van der Waals surface area contributed by atoms with E-state index in [-0.39, 0.29) is 41.8 Å². The number of nitrogens with zero attached hydrogens (tertiary/aromatic N) is 2. The first-order valence-corrected chi connectivity index (χ1v) is 12.7. The number of benzene rings is 2. The quantitative estimate of drug-likeness (QED) is 0.275. The highest BCUT2D eigenvalue weighted by molar-refractivity contribution is 6.33. The number of carbonyl (C=O) groups is 1. The molecule has 1 fully saturated rings. The lowest BCUT2D eigenvalue weighted by Crippen LogP contribution is -2.20. The molecule has 0 saturated heterocycles. The van der Waals surface area contributed by atoms with E-state index >= 15 is 4.39 Å². The molecule has 1 atom stereocenters. The van der Waals surface area contributed by atoms with E-state index in [2.05, 4.69) is 10.1 Å². The smallest absolute Gasteiger partial charge is 0.335 e. The molecule has 9 heteroatoms. The number of hydrogen-bond acceptors (Lipinski definition) is 6. The van der Waals surface area contributed by atoms with Crippen molar-refractivity contribution >= 4 is 17.6 Å². The molecule has 4 aromatic rings. The predicted octanol–water partition coefficient (Wildman–Crippen LogP) is 7.39. The summed E-state index contributed by atoms with van der Waals surface area (Å²) in [6.07, 6.45) is 2.00. The van der Waals surface area contributed by atoms with Gasteiger partial charge in [-0.25, -0.2) is 14.2 Å². The average molecular weight is 535 g/mol. The van der Waals surface area contributed by atoms with Crippen LogP contribution in [-0.2, 0) is 18.7 Å². The zero-order valence-corrected chi connectivity index (χ0v) is 21.5. The van der Waals surface area contributed by atoms with Crippen molar-refractivity contribution in [2.45, 2.75) is 51.3 Å². The monoisotopic (exact) mass is 534 g/mol. The first kappa shape index (κ1) is 24.4. The summed E-state index contributed by atoms with van der Waals surface area (Å²) in [6.45, 7) is 3.51. The first-order valence-electron chi connectivity index (χ1n) is 12.3. The topological polar surface area (TPSA) is 94.7 Å². The van der Waals surface area contributed by atoms with Crippen molar-refractivity contribution in [1.82, 2.24) is 10.1 Å². The van der Waals surface area contributed by atoms with Crippen LogP contribution in [-0.4, -0.2) is 21.2 Å². The van der Waals surface area contributed by atoms with Crippen molar-refractivity contribution in [3.8, 4) is 28.6 Å². The fourth-order valence-corrected chi connectivity index (χ4v) is 5.17. The molecule has 7 nitrogen and oxygen atoms in total. The zero-order valence-electron chi connectivity index (χ0n) is 20.8. The van der Waals surface area contributed by atoms with Crippen molar-refractivity contribution in [3.63, 3.8) is 0 Å². The van der Waals surface area contributed by atoms with Crippen LogP contribution in [0.3, 0.4) is 0 Å². The van der Waals surface area contributed by atoms with Crippen LogP contribution in [0.2, 0.25) is 5.02 Å². The highest BCUT2D eigenvalue weighted by atomic mass is 35.5. The number of aromatic nitrogens is 2. The van der Waals surface area contributed by atoms with Crippen molar-refractivity contribution in [3.05, 3.63) is 87.3 Å². The summed E-state index contributed by atoms with van der Waals surface area (Å²) in [5.74, 6) is 0.697. The van der Waals surface area contributed by atoms with Crippen LogP contribution in [0.5, 0.6) is 17.4 Å². The largest absolute Gasteiger partial charge is 0.478 e. The summed E-state index contributed by atoms with van der Waals surface area (Å²) in [4.78, 5) is 15.9. The van der Waals surface area contributed by atoms with Gasteiger partial charge in [0.25, 0.3) is 0 Å². The van der Waals surface area contributed by atoms with Gasteiger partial charge in [0.1, 0.15) is 29.5 Å². The second-order valence-electron chi connectivity index (χ2n) is 9.97. The Hall–Kier alpha value is -3.91. The molecule has 2 aromatic heterocycles. The Bertz CT molecular complexity index is 1560. The van der Waals surface area contributed by atoms with Gasteiger partial charge in [0.15, 0.2) is 11.4 Å². The van der Waals surface area contributed by atoms with Crippen LogP contribution in [0.15, 0.2) is 53.1 Å². The summed E-state index contributed by atoms with van der Waals surface area (Å²) in [5, 5.41) is 14.3. The van der Waals surface area contributed by atoms with E-state index in [9.17, 15) is 9.90 Å². The molecule has 0 amide bonds. The summed E-state index contributed by atoms with van der Waals surface area (Å²) in [5.41, 5.74) is 2.01. The number of hydrogen-bond donors (Lipinski definition) is 1. The van der Waals surface area contributed by atoms with Gasteiger partial charge in [-0.15, -0.1) is 0 Å². The minimum atomic E-state index is -1.87. The minimum Gasteiger partial charge on any atom is -0.478 e. The summed E-state index contributed by atoms with van der Waals surface area (Å²) < 4.78 is 33.7. The third-order valence-electron chi connectivity index (χ3n) is 6.97. The molecule has 0 radical (unpaired) electrons. The molecular formula is C29H24ClFN2O5. The second-order valence-corrected chi connectivity index (χ2v) is 10.4. The second kappa shape index (κ2) is 9.13. The van der Waals surface area contributed by atoms with Gasteiger partial charge in [-0.2, -0.15) is 0 Å². The van der Waals surface area contributed by atoms with Gasteiger partial charge in [-0.05, 0) is 62.1 Å². The van der Waals surface area contributed by atoms with Crippen LogP contribution < -0.4 is 9.47 Å². The first-order chi connectivity index (χ1) is 18.2. The molecule has 1 aliphatic heterocycles. The van der Waals surface area contributed by atoms with Gasteiger partial charge in [0, 0.05) is 24.0 Å². The lowest BCUT2D eigenvalue weighted by Gasteiger charge is -2.19. The standard InChI is InChI=1S/C29H24ClFN2O5/c1-15-4-3-5-20(30)24(15)25-19(26(38-33-25)16-6-7-16)14-36-23-11-10-21-27(32-23)29(2,31)13-18-9-8-17(28(34)35)12-22(18)37-21/h3-5,8-12,16H,6-7,13-14H2,1-2H3,(H,34,35). The van der Waals surface area contributed by atoms with E-state index in [1.807, 2.05) is 25.1 Å². The molecule has 6 rings (SSSR count). The fraction of sp³-hybridized carbons (Fsp3) is 0.276. The molecule has 3 heterocycles. The Balaban J connectivity index is 1.32. The Kier molecular flexibility index (Phi) is 5.87. The molecule has 2 aliphatic rings. The summed E-state index contributed by atoms with van der Waals surface area (Å²) >= 11 is 6.53. The number of carboxylic acids is 1. The van der Waals surface area contributed by atoms with E-state index < -0.39 is 11.6 Å². The Labute approximate surface area is 223 Å². The van der Waals surface area contributed by atoms with Crippen molar-refractivity contribution in [1.29, 1.82) is 0 Å². The number of aromatic carboxylic acids is 1. The zero-order chi connectivity index (χ0) is 26.6. The maximum atomic E-state index is 16.0. The third-order valence-corrected chi connectivity index (χ3v) is 7.29. The molecule has 0 spiro atoms. The number of rotatable bonds is 6. The normalized spacial score (nSPS) is 18.2. The summed E-state index contributed by atoms with van der Waals surface area (Å²) in [6, 6.07) is 13.3. The number of carboxylic acid groups (broad SMARTS) is 1. The fourth-order valence-electron chi connectivity index (χ4n) is 4.86. The summed E-state index contributed by atoms with van der Waals surface area (Å²) in [7, 11) is 0. The van der Waals surface area contributed by atoms with E-state index in [0.717, 1.165) is 35.3 Å². The third kappa shape index (κ3) is 4.39. The van der Waals surface area contributed by atoms with E-state index in [1.54, 1.807) is 18.2 Å². The Morgan fingerprint density at radius 3 is 2.76 bits per heavy atom. The maximum Gasteiger partial charge on any atom is 0.335 e. The van der Waals surface area contributed by atoms with Gasteiger partial charge in [-0.1, -0.05) is 35.0 Å². The maximum absolute atomic E-state index is 16.0. The van der Waals surface area contributed by atoms with Crippen molar-refractivity contribution in [2.24, 2.45) is 0 Å². The van der Waals surface area contributed by atoms with Crippen molar-refractivity contribution < 1.29 is 28.3 Å². The number of halogens is 2. The number of fused-ring (bicyclic) bond motifs is 2. The van der Waals surface area contributed by atoms with Gasteiger partial charge in [0.05, 0.1) is 16.1 Å². The van der Waals surface area contributed by atoms with Crippen LogP contribution in [0.4, 0.5) is 4.39 Å². The molecular weight excluding hydrogens is 511 g/mol. The number of alkyl halides is 1. The Morgan fingerprint density at radius 2 is 2.03 bits per heavy atom. The molecule has 38 heavy (non-hydrogen) atoms. The van der Waals surface area contributed by atoms with E-state index in [1.165, 1.54) is 19.1 Å². The predicted molar refractivity (Wildman–Crippen MR) is 138 cm³/mol. The van der Waals surface area contributed by atoms with Crippen LogP contribution in [0, 0.1) is 6.92 Å². The lowest BCUT2D eigenvalue weighted by molar-refractivity contribution is 0.0696. The van der Waals surface area contributed by atoms with Crippen LogP contribution >= 0.6 is 11.6 Å². The van der Waals surface area contributed by atoms with Crippen LogP contribution in [0.25, 0.3) is 11.3 Å². The molecule has 1 unspecified atom stereocenters. The van der Waals surface area contributed by atoms with Gasteiger partial charge < -0.3 is 19.1 Å². The number of ether oxygens (including phenoxy) is 2. The molecule has 1 aliphatic carbocycles. The van der Waals surface area contributed by atoms with Gasteiger partial charge >= 0.3 is 5.97 Å². The lowest BCUT2D eigenvalue weighted by atomic mass is 9.94. The molecule has 0 bridgehead atoms. The highest BCUT2D eigenvalue weighted by Gasteiger charge is 2.37. The molecule has 1 N–H and O–H groups in total. The van der Waals surface area contributed by atoms with E-state index in [0.29, 0.717) is 22.0 Å². The van der Waals surface area contributed by atoms with Crippen LogP contribution in [0.1, 0.15) is 64.2 Å². The van der Waals surface area contributed by atoms with E-state index in [4.69, 9.17) is 25.6 Å².